The van der Waals surface area contributed by atoms with Crippen molar-refractivity contribution in [3.05, 3.63) is 41.3 Å². The Balaban J connectivity index is 2.79. The maximum Gasteiger partial charge on any atom is 0.168 e. The molecule has 0 atom stereocenters. The molecule has 0 saturated carbocycles. The van der Waals surface area contributed by atoms with Crippen molar-refractivity contribution in [3.8, 4) is 0 Å². The molecule has 14 heavy (non-hydrogen) atoms. The first-order chi connectivity index (χ1) is 6.70. The highest BCUT2D eigenvalue weighted by atomic mass is 19.1. The number of rotatable bonds is 1. The summed E-state index contributed by atoms with van der Waals surface area (Å²) in [7, 11) is 0. The summed E-state index contributed by atoms with van der Waals surface area (Å²) in [6, 6.07) is 6.18. The average Bonchev–Trinajstić information content (AvgIpc) is 2.17. The van der Waals surface area contributed by atoms with Crippen LogP contribution in [0.1, 0.15) is 16.1 Å². The van der Waals surface area contributed by atoms with Gasteiger partial charge in [0.1, 0.15) is 11.5 Å². The van der Waals surface area contributed by atoms with Crippen LogP contribution < -0.4 is 0 Å². The molecule has 2 aromatic rings. The molecule has 1 aromatic heterocycles. The van der Waals surface area contributed by atoms with Gasteiger partial charge >= 0.3 is 0 Å². The molecule has 0 aliphatic rings. The third-order valence-corrected chi connectivity index (χ3v) is 2.12. The number of carbonyl (C=O) groups is 1. The molecule has 0 fully saturated rings. The highest BCUT2D eigenvalue weighted by molar-refractivity contribution is 5.85. The average molecular weight is 189 g/mol. The smallest absolute Gasteiger partial charge is 0.168 e. The topological polar surface area (TPSA) is 30.0 Å². The highest BCUT2D eigenvalue weighted by Crippen LogP contribution is 2.16. The van der Waals surface area contributed by atoms with Gasteiger partial charge in [-0.15, -0.1) is 0 Å². The Bertz CT molecular complexity index is 508. The van der Waals surface area contributed by atoms with Crippen molar-refractivity contribution < 1.29 is 9.18 Å². The predicted molar refractivity (Wildman–Crippen MR) is 51.8 cm³/mol. The van der Waals surface area contributed by atoms with E-state index < -0.39 is 0 Å². The Morgan fingerprint density at radius 1 is 1.36 bits per heavy atom. The number of aromatic nitrogens is 1. The van der Waals surface area contributed by atoms with Crippen LogP contribution in [-0.4, -0.2) is 11.3 Å². The number of aldehydes is 1. The molecule has 2 rings (SSSR count). The first-order valence-electron chi connectivity index (χ1n) is 4.23. The molecule has 0 radical (unpaired) electrons. The maximum atomic E-state index is 12.8. The summed E-state index contributed by atoms with van der Waals surface area (Å²) < 4.78 is 12.8. The molecule has 0 aliphatic heterocycles. The van der Waals surface area contributed by atoms with E-state index in [0.717, 1.165) is 10.9 Å². The number of pyridine rings is 1. The largest absolute Gasteiger partial charge is 0.296 e. The quantitative estimate of drug-likeness (QED) is 0.645. The molecular formula is C11H8FNO. The standard InChI is InChI=1S/C11H8FNO/c1-7-4-8-2-3-9(12)5-10(8)13-11(7)6-14/h2-6H,1H3. The minimum absolute atomic E-state index is 0.342. The number of nitrogens with zero attached hydrogens (tertiary/aromatic N) is 1. The number of halogens is 1. The van der Waals surface area contributed by atoms with Crippen molar-refractivity contribution >= 4 is 17.2 Å². The molecule has 2 nitrogen and oxygen atoms in total. The van der Waals surface area contributed by atoms with E-state index in [4.69, 9.17) is 0 Å². The van der Waals surface area contributed by atoms with E-state index in [-0.39, 0.29) is 5.82 Å². The Hall–Kier alpha value is -1.77. The molecular weight excluding hydrogens is 181 g/mol. The lowest BCUT2D eigenvalue weighted by molar-refractivity contribution is 0.111. The molecule has 0 aliphatic carbocycles. The van der Waals surface area contributed by atoms with Crippen LogP contribution >= 0.6 is 0 Å². The van der Waals surface area contributed by atoms with Gasteiger partial charge in [0.25, 0.3) is 0 Å². The zero-order valence-corrected chi connectivity index (χ0v) is 7.62. The van der Waals surface area contributed by atoms with Gasteiger partial charge in [-0.1, -0.05) is 0 Å². The van der Waals surface area contributed by atoms with E-state index in [0.29, 0.717) is 17.5 Å². The second kappa shape index (κ2) is 3.18. The molecule has 0 bridgehead atoms. The lowest BCUT2D eigenvalue weighted by atomic mass is 10.1. The van der Waals surface area contributed by atoms with Crippen molar-refractivity contribution in [2.75, 3.05) is 0 Å². The fraction of sp³-hybridized carbons (Fsp3) is 0.0909. The van der Waals surface area contributed by atoms with Crippen LogP contribution in [0.5, 0.6) is 0 Å². The molecule has 3 heteroatoms. The number of aryl methyl sites for hydroxylation is 1. The van der Waals surface area contributed by atoms with Gasteiger partial charge < -0.3 is 0 Å². The summed E-state index contributed by atoms with van der Waals surface area (Å²) in [6.45, 7) is 1.81. The number of hydrogen-bond donors (Lipinski definition) is 0. The van der Waals surface area contributed by atoms with Gasteiger partial charge in [-0.25, -0.2) is 9.37 Å². The van der Waals surface area contributed by atoms with Gasteiger partial charge in [-0.3, -0.25) is 4.79 Å². The minimum atomic E-state index is -0.342. The molecule has 0 N–H and O–H groups in total. The summed E-state index contributed by atoms with van der Waals surface area (Å²) in [5.74, 6) is -0.342. The van der Waals surface area contributed by atoms with Gasteiger partial charge in [0.2, 0.25) is 0 Å². The van der Waals surface area contributed by atoms with Crippen LogP contribution in [0.2, 0.25) is 0 Å². The van der Waals surface area contributed by atoms with E-state index in [1.165, 1.54) is 12.1 Å². The van der Waals surface area contributed by atoms with Crippen LogP contribution in [0.25, 0.3) is 10.9 Å². The van der Waals surface area contributed by atoms with Crippen LogP contribution in [0, 0.1) is 12.7 Å². The molecule has 0 amide bonds. The van der Waals surface area contributed by atoms with Crippen molar-refractivity contribution in [1.82, 2.24) is 4.98 Å². The number of fused-ring (bicyclic) bond motifs is 1. The van der Waals surface area contributed by atoms with E-state index in [9.17, 15) is 9.18 Å². The van der Waals surface area contributed by atoms with Crippen LogP contribution in [0.15, 0.2) is 24.3 Å². The van der Waals surface area contributed by atoms with E-state index in [2.05, 4.69) is 4.98 Å². The normalized spacial score (nSPS) is 10.4. The highest BCUT2D eigenvalue weighted by Gasteiger charge is 2.02. The van der Waals surface area contributed by atoms with Gasteiger partial charge in [0, 0.05) is 11.5 Å². The fourth-order valence-electron chi connectivity index (χ4n) is 1.38. The number of carbonyl (C=O) groups excluding carboxylic acids is 1. The van der Waals surface area contributed by atoms with Crippen molar-refractivity contribution in [2.45, 2.75) is 6.92 Å². The third-order valence-electron chi connectivity index (χ3n) is 2.12. The van der Waals surface area contributed by atoms with E-state index in [1.54, 1.807) is 13.0 Å². The summed E-state index contributed by atoms with van der Waals surface area (Å²) in [5, 5.41) is 0.842. The van der Waals surface area contributed by atoms with Crippen molar-refractivity contribution in [2.24, 2.45) is 0 Å². The number of benzene rings is 1. The zero-order valence-electron chi connectivity index (χ0n) is 7.62. The van der Waals surface area contributed by atoms with Crippen molar-refractivity contribution in [1.29, 1.82) is 0 Å². The molecule has 0 saturated heterocycles. The first kappa shape index (κ1) is 8.81. The second-order valence-electron chi connectivity index (χ2n) is 3.15. The minimum Gasteiger partial charge on any atom is -0.296 e. The Kier molecular flexibility index (Phi) is 2.00. The van der Waals surface area contributed by atoms with Crippen LogP contribution in [0.4, 0.5) is 4.39 Å². The van der Waals surface area contributed by atoms with E-state index in [1.807, 2.05) is 6.07 Å². The van der Waals surface area contributed by atoms with Crippen LogP contribution in [-0.2, 0) is 0 Å². The molecule has 1 aromatic carbocycles. The molecule has 1 heterocycles. The maximum absolute atomic E-state index is 12.8. The first-order valence-corrected chi connectivity index (χ1v) is 4.23. The SMILES string of the molecule is Cc1cc2ccc(F)cc2nc1C=O. The Morgan fingerprint density at radius 3 is 2.86 bits per heavy atom. The lowest BCUT2D eigenvalue weighted by Gasteiger charge is -2.01. The monoisotopic (exact) mass is 189 g/mol. The summed E-state index contributed by atoms with van der Waals surface area (Å²) in [4.78, 5) is 14.6. The third kappa shape index (κ3) is 1.37. The molecule has 0 unspecified atom stereocenters. The number of hydrogen-bond acceptors (Lipinski definition) is 2. The van der Waals surface area contributed by atoms with Gasteiger partial charge in [-0.2, -0.15) is 0 Å². The van der Waals surface area contributed by atoms with Gasteiger partial charge in [0.05, 0.1) is 5.52 Å². The Labute approximate surface area is 80.4 Å². The Morgan fingerprint density at radius 2 is 2.14 bits per heavy atom. The summed E-state index contributed by atoms with van der Waals surface area (Å²) in [6.07, 6.45) is 0.680. The lowest BCUT2D eigenvalue weighted by Crippen LogP contribution is -1.92. The van der Waals surface area contributed by atoms with E-state index >= 15 is 0 Å². The van der Waals surface area contributed by atoms with Gasteiger partial charge in [-0.05, 0) is 30.7 Å². The van der Waals surface area contributed by atoms with Crippen molar-refractivity contribution in [3.63, 3.8) is 0 Å². The zero-order chi connectivity index (χ0) is 10.1. The second-order valence-corrected chi connectivity index (χ2v) is 3.15. The molecule has 70 valence electrons. The van der Waals surface area contributed by atoms with Crippen LogP contribution in [0.3, 0.4) is 0 Å². The molecule has 0 spiro atoms. The summed E-state index contributed by atoms with van der Waals surface area (Å²) >= 11 is 0. The van der Waals surface area contributed by atoms with Gasteiger partial charge in [0.15, 0.2) is 6.29 Å². The predicted octanol–water partition coefficient (Wildman–Crippen LogP) is 2.49. The fourth-order valence-corrected chi connectivity index (χ4v) is 1.38. The summed E-state index contributed by atoms with van der Waals surface area (Å²) in [5.41, 5.74) is 1.68.